The van der Waals surface area contributed by atoms with Crippen LogP contribution in [0.5, 0.6) is 0 Å². The van der Waals surface area contributed by atoms with E-state index in [4.69, 9.17) is 5.73 Å². The fourth-order valence-electron chi connectivity index (χ4n) is 2.75. The van der Waals surface area contributed by atoms with Crippen LogP contribution in [0.4, 0.5) is 0 Å². The number of nitrogens with two attached hydrogens (primary N) is 1. The lowest BCUT2D eigenvalue weighted by Gasteiger charge is -2.18. The van der Waals surface area contributed by atoms with Crippen molar-refractivity contribution in [3.05, 3.63) is 0 Å². The predicted octanol–water partition coefficient (Wildman–Crippen LogP) is 1.81. The van der Waals surface area contributed by atoms with Gasteiger partial charge in [-0.25, -0.2) is 0 Å². The largest absolute Gasteiger partial charge is 0.353 e. The summed E-state index contributed by atoms with van der Waals surface area (Å²) < 4.78 is 0. The molecule has 0 aliphatic heterocycles. The molecule has 3 heteroatoms. The molecule has 3 nitrogen and oxygen atoms in total. The Balaban J connectivity index is 1.71. The quantitative estimate of drug-likeness (QED) is 0.765. The Morgan fingerprint density at radius 2 is 2.12 bits per heavy atom. The summed E-state index contributed by atoms with van der Waals surface area (Å²) in [7, 11) is 0. The monoisotopic (exact) mass is 224 g/mol. The molecule has 1 amide bonds. The maximum atomic E-state index is 11.8. The second kappa shape index (κ2) is 4.36. The molecular weight excluding hydrogens is 200 g/mol. The molecule has 0 bridgehead atoms. The van der Waals surface area contributed by atoms with E-state index in [0.29, 0.717) is 23.8 Å². The van der Waals surface area contributed by atoms with Gasteiger partial charge in [0.2, 0.25) is 5.91 Å². The fourth-order valence-corrected chi connectivity index (χ4v) is 2.75. The minimum Gasteiger partial charge on any atom is -0.353 e. The van der Waals surface area contributed by atoms with Gasteiger partial charge in [-0.2, -0.15) is 0 Å². The molecule has 3 N–H and O–H groups in total. The van der Waals surface area contributed by atoms with Crippen LogP contribution in [0.15, 0.2) is 0 Å². The zero-order valence-electron chi connectivity index (χ0n) is 10.5. The Morgan fingerprint density at radius 1 is 1.44 bits per heavy atom. The maximum absolute atomic E-state index is 11.8. The molecule has 0 heterocycles. The summed E-state index contributed by atoms with van der Waals surface area (Å²) in [5, 5.41) is 3.13. The number of hydrogen-bond donors (Lipinski definition) is 2. The molecular formula is C13H24N2O. The van der Waals surface area contributed by atoms with Crippen LogP contribution in [0, 0.1) is 11.3 Å². The van der Waals surface area contributed by atoms with Crippen molar-refractivity contribution < 1.29 is 4.79 Å². The topological polar surface area (TPSA) is 55.1 Å². The Labute approximate surface area is 98.2 Å². The highest BCUT2D eigenvalue weighted by Gasteiger charge is 2.33. The van der Waals surface area contributed by atoms with E-state index in [1.807, 2.05) is 0 Å². The lowest BCUT2D eigenvalue weighted by Crippen LogP contribution is -2.38. The molecule has 2 atom stereocenters. The highest BCUT2D eigenvalue weighted by Crippen LogP contribution is 2.37. The van der Waals surface area contributed by atoms with Crippen LogP contribution in [0.2, 0.25) is 0 Å². The van der Waals surface area contributed by atoms with Crippen LogP contribution in [0.1, 0.15) is 52.4 Å². The first-order valence-electron chi connectivity index (χ1n) is 6.51. The lowest BCUT2D eigenvalue weighted by atomic mass is 9.92. The molecule has 2 rings (SSSR count). The first-order valence-corrected chi connectivity index (χ1v) is 6.51. The van der Waals surface area contributed by atoms with E-state index in [9.17, 15) is 4.79 Å². The summed E-state index contributed by atoms with van der Waals surface area (Å²) in [4.78, 5) is 11.8. The third-order valence-corrected chi connectivity index (χ3v) is 3.98. The number of nitrogens with one attached hydrogen (secondary N) is 1. The Hall–Kier alpha value is -0.570. The van der Waals surface area contributed by atoms with E-state index in [1.165, 1.54) is 19.3 Å². The molecule has 92 valence electrons. The van der Waals surface area contributed by atoms with Crippen molar-refractivity contribution in [1.82, 2.24) is 5.32 Å². The molecule has 2 aliphatic carbocycles. The highest BCUT2D eigenvalue weighted by atomic mass is 16.1. The standard InChI is InChI=1S/C13H24N2O/c1-13(2)6-5-10(8-13)15-12(16)7-11(14)9-3-4-9/h9-11H,3-8,14H2,1-2H3,(H,15,16). The van der Waals surface area contributed by atoms with Gasteiger partial charge in [0.1, 0.15) is 0 Å². The number of amides is 1. The third kappa shape index (κ3) is 3.21. The number of carbonyl (C=O) groups excluding carboxylic acids is 1. The molecule has 0 radical (unpaired) electrons. The average molecular weight is 224 g/mol. The molecule has 0 aromatic heterocycles. The molecule has 0 spiro atoms. The van der Waals surface area contributed by atoms with E-state index in [0.717, 1.165) is 12.8 Å². The molecule has 2 saturated carbocycles. The first-order chi connectivity index (χ1) is 7.46. The summed E-state index contributed by atoms with van der Waals surface area (Å²) in [6.07, 6.45) is 6.39. The molecule has 0 aromatic carbocycles. The second-order valence-corrected chi connectivity index (χ2v) is 6.38. The van der Waals surface area contributed by atoms with Gasteiger partial charge in [-0.1, -0.05) is 13.8 Å². The van der Waals surface area contributed by atoms with Gasteiger partial charge in [-0.3, -0.25) is 4.79 Å². The summed E-state index contributed by atoms with van der Waals surface area (Å²) in [6, 6.07) is 0.475. The second-order valence-electron chi connectivity index (χ2n) is 6.38. The van der Waals surface area contributed by atoms with Gasteiger partial charge in [0.05, 0.1) is 0 Å². The molecule has 2 unspecified atom stereocenters. The van der Waals surface area contributed by atoms with Crippen LogP contribution in [-0.2, 0) is 4.79 Å². The van der Waals surface area contributed by atoms with Crippen molar-refractivity contribution in [2.24, 2.45) is 17.1 Å². The van der Waals surface area contributed by atoms with Crippen molar-refractivity contribution in [1.29, 1.82) is 0 Å². The van der Waals surface area contributed by atoms with Gasteiger partial charge < -0.3 is 11.1 Å². The summed E-state index contributed by atoms with van der Waals surface area (Å²) in [5.41, 5.74) is 6.35. The van der Waals surface area contributed by atoms with Crippen molar-refractivity contribution in [2.75, 3.05) is 0 Å². The van der Waals surface area contributed by atoms with Crippen molar-refractivity contribution in [3.63, 3.8) is 0 Å². The third-order valence-electron chi connectivity index (χ3n) is 3.98. The van der Waals surface area contributed by atoms with E-state index in [1.54, 1.807) is 0 Å². The Morgan fingerprint density at radius 3 is 2.62 bits per heavy atom. The Bertz CT molecular complexity index is 271. The summed E-state index contributed by atoms with van der Waals surface area (Å²) >= 11 is 0. The maximum Gasteiger partial charge on any atom is 0.221 e. The van der Waals surface area contributed by atoms with Crippen LogP contribution in [0.25, 0.3) is 0 Å². The van der Waals surface area contributed by atoms with Gasteiger partial charge in [0.15, 0.2) is 0 Å². The minimum absolute atomic E-state index is 0.0920. The molecule has 0 saturated heterocycles. The molecule has 16 heavy (non-hydrogen) atoms. The zero-order chi connectivity index (χ0) is 11.8. The van der Waals surface area contributed by atoms with Gasteiger partial charge in [0.25, 0.3) is 0 Å². The summed E-state index contributed by atoms with van der Waals surface area (Å²) in [5.74, 6) is 0.771. The normalized spacial score (nSPS) is 30.1. The van der Waals surface area contributed by atoms with Crippen LogP contribution < -0.4 is 11.1 Å². The minimum atomic E-state index is 0.0920. The Kier molecular flexibility index (Phi) is 3.24. The number of hydrogen-bond acceptors (Lipinski definition) is 2. The summed E-state index contributed by atoms with van der Waals surface area (Å²) in [6.45, 7) is 4.55. The SMILES string of the molecule is CC1(C)CCC(NC(=O)CC(N)C2CC2)C1. The fraction of sp³-hybridized carbons (Fsp3) is 0.923. The first kappa shape index (κ1) is 11.9. The molecule has 2 fully saturated rings. The number of carbonyl (C=O) groups is 1. The van der Waals surface area contributed by atoms with Crippen LogP contribution in [0.3, 0.4) is 0 Å². The van der Waals surface area contributed by atoms with Gasteiger partial charge in [-0.15, -0.1) is 0 Å². The zero-order valence-corrected chi connectivity index (χ0v) is 10.5. The average Bonchev–Trinajstić information content (AvgIpc) is 2.92. The smallest absolute Gasteiger partial charge is 0.221 e. The van der Waals surface area contributed by atoms with Crippen molar-refractivity contribution in [2.45, 2.75) is 64.5 Å². The van der Waals surface area contributed by atoms with Crippen molar-refractivity contribution in [3.8, 4) is 0 Å². The lowest BCUT2D eigenvalue weighted by molar-refractivity contribution is -0.122. The highest BCUT2D eigenvalue weighted by molar-refractivity contribution is 5.77. The predicted molar refractivity (Wildman–Crippen MR) is 64.9 cm³/mol. The van der Waals surface area contributed by atoms with Crippen LogP contribution >= 0.6 is 0 Å². The number of rotatable bonds is 4. The van der Waals surface area contributed by atoms with Gasteiger partial charge in [-0.05, 0) is 43.4 Å². The van der Waals surface area contributed by atoms with E-state index in [2.05, 4.69) is 19.2 Å². The van der Waals surface area contributed by atoms with E-state index < -0.39 is 0 Å². The van der Waals surface area contributed by atoms with Crippen molar-refractivity contribution >= 4 is 5.91 Å². The van der Waals surface area contributed by atoms with E-state index in [-0.39, 0.29) is 11.9 Å². The van der Waals surface area contributed by atoms with Crippen LogP contribution in [-0.4, -0.2) is 18.0 Å². The molecule has 0 aromatic rings. The van der Waals surface area contributed by atoms with Gasteiger partial charge >= 0.3 is 0 Å². The van der Waals surface area contributed by atoms with E-state index >= 15 is 0 Å². The van der Waals surface area contributed by atoms with Gasteiger partial charge in [0, 0.05) is 18.5 Å². The molecule has 2 aliphatic rings.